The fraction of sp³-hybridized carbons (Fsp3) is 0.591. The van der Waals surface area contributed by atoms with Crippen molar-refractivity contribution in [1.82, 2.24) is 20.4 Å². The minimum absolute atomic E-state index is 0.00362. The summed E-state index contributed by atoms with van der Waals surface area (Å²) < 4.78 is 5.16. The Labute approximate surface area is 176 Å². The number of nitrogens with one attached hydrogen (secondary N) is 2. The molecule has 0 spiro atoms. The molecule has 2 N–H and O–H groups in total. The summed E-state index contributed by atoms with van der Waals surface area (Å²) in [5, 5.41) is 6.14. The normalized spacial score (nSPS) is 26.0. The lowest BCUT2D eigenvalue weighted by Crippen LogP contribution is -2.57. The van der Waals surface area contributed by atoms with Crippen LogP contribution < -0.4 is 15.4 Å². The van der Waals surface area contributed by atoms with Crippen LogP contribution in [0.25, 0.3) is 0 Å². The van der Waals surface area contributed by atoms with Gasteiger partial charge in [-0.3, -0.25) is 24.6 Å². The van der Waals surface area contributed by atoms with Crippen LogP contribution in [0, 0.1) is 5.92 Å². The zero-order valence-electron chi connectivity index (χ0n) is 17.4. The number of benzene rings is 1. The van der Waals surface area contributed by atoms with E-state index < -0.39 is 0 Å². The highest BCUT2D eigenvalue weighted by atomic mass is 16.5. The van der Waals surface area contributed by atoms with Gasteiger partial charge >= 0.3 is 0 Å². The van der Waals surface area contributed by atoms with E-state index in [-0.39, 0.29) is 35.7 Å². The molecule has 2 unspecified atom stereocenters. The van der Waals surface area contributed by atoms with Gasteiger partial charge in [-0.2, -0.15) is 0 Å². The second kappa shape index (κ2) is 9.14. The fourth-order valence-corrected chi connectivity index (χ4v) is 4.71. The highest BCUT2D eigenvalue weighted by molar-refractivity contribution is 5.98. The summed E-state index contributed by atoms with van der Waals surface area (Å²) in [4.78, 5) is 41.4. The van der Waals surface area contributed by atoms with Crippen LogP contribution in [0.1, 0.15) is 36.0 Å². The van der Waals surface area contributed by atoms with Crippen LogP contribution in [-0.2, 0) is 9.59 Å². The highest BCUT2D eigenvalue weighted by Crippen LogP contribution is 2.27. The molecule has 3 saturated heterocycles. The summed E-state index contributed by atoms with van der Waals surface area (Å²) in [6, 6.07) is 7.17. The maximum absolute atomic E-state index is 12.9. The number of rotatable bonds is 6. The Bertz CT molecular complexity index is 789. The molecule has 30 heavy (non-hydrogen) atoms. The van der Waals surface area contributed by atoms with Gasteiger partial charge in [-0.1, -0.05) is 0 Å². The number of nitrogens with zero attached hydrogens (tertiary/aromatic N) is 2. The molecule has 2 atom stereocenters. The fourth-order valence-electron chi connectivity index (χ4n) is 4.71. The van der Waals surface area contributed by atoms with Gasteiger partial charge in [0, 0.05) is 31.0 Å². The van der Waals surface area contributed by atoms with Crippen molar-refractivity contribution in [3.05, 3.63) is 29.8 Å². The molecule has 0 saturated carbocycles. The summed E-state index contributed by atoms with van der Waals surface area (Å²) in [6.07, 6.45) is 2.67. The lowest BCUT2D eigenvalue weighted by atomic mass is 9.88. The van der Waals surface area contributed by atoms with E-state index in [1.54, 1.807) is 7.11 Å². The number of ketones is 1. The second-order valence-electron chi connectivity index (χ2n) is 8.32. The number of likely N-dealkylation sites (tertiary alicyclic amines) is 2. The molecule has 1 aromatic rings. The summed E-state index contributed by atoms with van der Waals surface area (Å²) >= 11 is 0. The van der Waals surface area contributed by atoms with Crippen molar-refractivity contribution >= 4 is 17.6 Å². The molecule has 1 aromatic carbocycles. The van der Waals surface area contributed by atoms with Crippen LogP contribution in [0.15, 0.2) is 24.3 Å². The van der Waals surface area contributed by atoms with Crippen molar-refractivity contribution in [2.45, 2.75) is 37.9 Å². The Balaban J connectivity index is 1.28. The van der Waals surface area contributed by atoms with E-state index in [9.17, 15) is 14.4 Å². The lowest BCUT2D eigenvalue weighted by Gasteiger charge is -2.35. The molecule has 0 aliphatic carbocycles. The third-order valence-electron chi connectivity index (χ3n) is 6.47. The minimum atomic E-state index is -0.165. The Morgan fingerprint density at radius 3 is 2.50 bits per heavy atom. The van der Waals surface area contributed by atoms with E-state index in [4.69, 9.17) is 4.74 Å². The molecule has 0 radical (unpaired) electrons. The topological polar surface area (TPSA) is 91.0 Å². The zero-order chi connectivity index (χ0) is 21.1. The SMILES string of the molecule is COc1ccc(C(=O)C2CCN(C3CCN(CC4NCCC(=O)N4)C3=O)CC2)cc1. The van der Waals surface area contributed by atoms with Gasteiger partial charge in [-0.25, -0.2) is 0 Å². The second-order valence-corrected chi connectivity index (χ2v) is 8.32. The van der Waals surface area contributed by atoms with Crippen LogP contribution >= 0.6 is 0 Å². The monoisotopic (exact) mass is 414 g/mol. The number of piperidine rings is 1. The Morgan fingerprint density at radius 1 is 1.10 bits per heavy atom. The number of methoxy groups -OCH3 is 1. The van der Waals surface area contributed by atoms with Crippen molar-refractivity contribution in [1.29, 1.82) is 0 Å². The van der Waals surface area contributed by atoms with Crippen LogP contribution in [0.2, 0.25) is 0 Å². The molecule has 3 aliphatic heterocycles. The maximum Gasteiger partial charge on any atom is 0.240 e. The van der Waals surface area contributed by atoms with Gasteiger partial charge in [0.05, 0.1) is 25.9 Å². The predicted octanol–water partition coefficient (Wildman–Crippen LogP) is 0.626. The Hall–Kier alpha value is -2.45. The largest absolute Gasteiger partial charge is 0.497 e. The van der Waals surface area contributed by atoms with Crippen molar-refractivity contribution in [2.24, 2.45) is 5.92 Å². The molecule has 2 amide bonds. The van der Waals surface area contributed by atoms with Crippen LogP contribution in [0.5, 0.6) is 5.75 Å². The number of hydrogen-bond acceptors (Lipinski definition) is 6. The number of carbonyl (C=O) groups is 3. The van der Waals surface area contributed by atoms with Crippen LogP contribution in [0.3, 0.4) is 0 Å². The van der Waals surface area contributed by atoms with Gasteiger partial charge in [-0.05, 0) is 56.6 Å². The molecule has 8 nitrogen and oxygen atoms in total. The van der Waals surface area contributed by atoms with E-state index in [1.165, 1.54) is 0 Å². The van der Waals surface area contributed by atoms with Crippen molar-refractivity contribution in [3.63, 3.8) is 0 Å². The first-order valence-corrected chi connectivity index (χ1v) is 10.8. The molecule has 3 aliphatic rings. The van der Waals surface area contributed by atoms with Crippen LogP contribution in [0.4, 0.5) is 0 Å². The number of amides is 2. The van der Waals surface area contributed by atoms with Gasteiger partial charge in [0.1, 0.15) is 5.75 Å². The quantitative estimate of drug-likeness (QED) is 0.664. The molecule has 8 heteroatoms. The van der Waals surface area contributed by atoms with E-state index in [2.05, 4.69) is 15.5 Å². The summed E-state index contributed by atoms with van der Waals surface area (Å²) in [6.45, 7) is 3.39. The van der Waals surface area contributed by atoms with E-state index in [0.29, 0.717) is 26.1 Å². The summed E-state index contributed by atoms with van der Waals surface area (Å²) in [7, 11) is 1.61. The van der Waals surface area contributed by atoms with Gasteiger partial charge in [0.2, 0.25) is 11.8 Å². The standard InChI is InChI=1S/C22H30N4O4/c1-30-17-4-2-15(3-5-17)21(28)16-7-11-25(12-8-16)18-9-13-26(22(18)29)14-19-23-10-6-20(27)24-19/h2-5,16,18-19,23H,6-14H2,1H3,(H,24,27). The van der Waals surface area contributed by atoms with Crippen molar-refractivity contribution < 1.29 is 19.1 Å². The van der Waals surface area contributed by atoms with Gasteiger partial charge in [-0.15, -0.1) is 0 Å². The van der Waals surface area contributed by atoms with Gasteiger partial charge in [0.25, 0.3) is 0 Å². The van der Waals surface area contributed by atoms with E-state index in [0.717, 1.165) is 43.7 Å². The molecule has 0 bridgehead atoms. The average Bonchev–Trinajstić information content (AvgIpc) is 3.13. The smallest absolute Gasteiger partial charge is 0.240 e. The van der Waals surface area contributed by atoms with E-state index in [1.807, 2.05) is 29.2 Å². The third kappa shape index (κ3) is 4.49. The Morgan fingerprint density at radius 2 is 1.83 bits per heavy atom. The molecule has 0 aromatic heterocycles. The first-order chi connectivity index (χ1) is 14.5. The van der Waals surface area contributed by atoms with Crippen molar-refractivity contribution in [2.75, 3.05) is 39.8 Å². The van der Waals surface area contributed by atoms with E-state index >= 15 is 0 Å². The maximum atomic E-state index is 12.9. The third-order valence-corrected chi connectivity index (χ3v) is 6.47. The molecule has 3 fully saturated rings. The first kappa shape index (κ1) is 20.8. The molecular formula is C22H30N4O4. The summed E-state index contributed by atoms with van der Waals surface area (Å²) in [5.41, 5.74) is 0.722. The zero-order valence-corrected chi connectivity index (χ0v) is 17.4. The average molecular weight is 415 g/mol. The number of ether oxygens (including phenoxy) is 1. The van der Waals surface area contributed by atoms with Crippen LogP contribution in [-0.4, -0.2) is 79.4 Å². The number of hydrogen-bond donors (Lipinski definition) is 2. The highest BCUT2D eigenvalue weighted by Gasteiger charge is 2.39. The first-order valence-electron chi connectivity index (χ1n) is 10.8. The van der Waals surface area contributed by atoms with Gasteiger partial charge in [0.15, 0.2) is 5.78 Å². The molecule has 3 heterocycles. The van der Waals surface area contributed by atoms with Crippen molar-refractivity contribution in [3.8, 4) is 5.75 Å². The lowest BCUT2D eigenvalue weighted by molar-refractivity contribution is -0.134. The molecule has 162 valence electrons. The minimum Gasteiger partial charge on any atom is -0.497 e. The van der Waals surface area contributed by atoms with Gasteiger partial charge < -0.3 is 15.0 Å². The number of Topliss-reactive ketones (excluding diaryl/α,β-unsaturated/α-hetero) is 1. The molecular weight excluding hydrogens is 384 g/mol. The Kier molecular flexibility index (Phi) is 6.34. The number of carbonyl (C=O) groups excluding carboxylic acids is 3. The predicted molar refractivity (Wildman–Crippen MR) is 111 cm³/mol. The summed E-state index contributed by atoms with van der Waals surface area (Å²) in [5.74, 6) is 1.09. The molecule has 4 rings (SSSR count).